The van der Waals surface area contributed by atoms with E-state index in [0.717, 1.165) is 36.9 Å². The van der Waals surface area contributed by atoms with Crippen LogP contribution in [0.4, 0.5) is 0 Å². The molecule has 1 saturated carbocycles. The molecule has 1 aromatic carbocycles. The summed E-state index contributed by atoms with van der Waals surface area (Å²) in [4.78, 5) is 15.3. The molecule has 0 aliphatic heterocycles. The first-order valence-electron chi connectivity index (χ1n) is 9.55. The second-order valence-corrected chi connectivity index (χ2v) is 7.59. The van der Waals surface area contributed by atoms with Gasteiger partial charge in [-0.2, -0.15) is 5.10 Å². The van der Waals surface area contributed by atoms with Gasteiger partial charge in [-0.25, -0.2) is 0 Å². The molecular formula is C21H27N3O. The summed E-state index contributed by atoms with van der Waals surface area (Å²) in [6, 6.07) is 8.33. The van der Waals surface area contributed by atoms with Crippen LogP contribution in [-0.4, -0.2) is 26.6 Å². The highest BCUT2D eigenvalue weighted by molar-refractivity contribution is 5.94. The van der Waals surface area contributed by atoms with Crippen molar-refractivity contribution in [2.75, 3.05) is 0 Å². The highest BCUT2D eigenvalue weighted by atomic mass is 16.2. The summed E-state index contributed by atoms with van der Waals surface area (Å²) in [6.07, 6.45) is 8.12. The van der Waals surface area contributed by atoms with Gasteiger partial charge in [-0.1, -0.05) is 30.5 Å². The fourth-order valence-electron chi connectivity index (χ4n) is 4.43. The molecule has 1 heterocycles. The van der Waals surface area contributed by atoms with Crippen molar-refractivity contribution in [2.45, 2.75) is 64.5 Å². The van der Waals surface area contributed by atoms with E-state index in [1.807, 2.05) is 36.0 Å². The number of nitrogens with zero attached hydrogens (tertiary/aromatic N) is 3. The zero-order chi connectivity index (χ0) is 17.4. The first kappa shape index (κ1) is 16.4. The number of hydrogen-bond acceptors (Lipinski definition) is 2. The zero-order valence-electron chi connectivity index (χ0n) is 15.3. The van der Waals surface area contributed by atoms with Gasteiger partial charge < -0.3 is 4.90 Å². The predicted octanol–water partition coefficient (Wildman–Crippen LogP) is 3.80. The fraction of sp³-hybridized carbons (Fsp3) is 0.524. The molecule has 2 aromatic rings. The Morgan fingerprint density at radius 1 is 1.16 bits per heavy atom. The van der Waals surface area contributed by atoms with Crippen LogP contribution in [0.1, 0.15) is 65.0 Å². The van der Waals surface area contributed by atoms with Crippen molar-refractivity contribution in [3.05, 3.63) is 52.3 Å². The molecule has 4 rings (SSSR count). The maximum absolute atomic E-state index is 13.2. The third-order valence-corrected chi connectivity index (χ3v) is 5.84. The number of aromatic nitrogens is 2. The van der Waals surface area contributed by atoms with Crippen molar-refractivity contribution in [2.24, 2.45) is 7.05 Å². The minimum Gasteiger partial charge on any atom is -0.330 e. The quantitative estimate of drug-likeness (QED) is 0.851. The molecule has 2 aliphatic carbocycles. The summed E-state index contributed by atoms with van der Waals surface area (Å²) in [6.45, 7) is 2.71. The van der Waals surface area contributed by atoms with Crippen LogP contribution in [0.5, 0.6) is 0 Å². The zero-order valence-corrected chi connectivity index (χ0v) is 15.3. The van der Waals surface area contributed by atoms with Crippen LogP contribution in [0.15, 0.2) is 24.3 Å². The molecule has 0 N–H and O–H groups in total. The van der Waals surface area contributed by atoms with Crippen LogP contribution in [0, 0.1) is 6.92 Å². The standard InChI is InChI=1S/C21H27N3O/c1-15-10-12-16(13-11-15)21(25)24(17-6-3-4-7-17)14-19-18-8-5-9-20(18)23(2)22-19/h10-13,17H,3-9,14H2,1-2H3. The third kappa shape index (κ3) is 3.10. The summed E-state index contributed by atoms with van der Waals surface area (Å²) in [5, 5.41) is 4.76. The van der Waals surface area contributed by atoms with Crippen LogP contribution >= 0.6 is 0 Å². The average Bonchev–Trinajstić information content (AvgIpc) is 3.33. The Morgan fingerprint density at radius 3 is 2.60 bits per heavy atom. The van der Waals surface area contributed by atoms with Crippen molar-refractivity contribution in [3.8, 4) is 0 Å². The first-order valence-corrected chi connectivity index (χ1v) is 9.55. The average molecular weight is 337 g/mol. The van der Waals surface area contributed by atoms with E-state index < -0.39 is 0 Å². The summed E-state index contributed by atoms with van der Waals surface area (Å²) in [7, 11) is 2.04. The summed E-state index contributed by atoms with van der Waals surface area (Å²) in [5.41, 5.74) is 5.85. The lowest BCUT2D eigenvalue weighted by Gasteiger charge is -2.29. The fourth-order valence-corrected chi connectivity index (χ4v) is 4.43. The molecule has 4 heteroatoms. The van der Waals surface area contributed by atoms with E-state index in [-0.39, 0.29) is 5.91 Å². The Labute approximate surface area is 149 Å². The molecular weight excluding hydrogens is 310 g/mol. The molecule has 4 nitrogen and oxygen atoms in total. The number of rotatable bonds is 4. The molecule has 0 unspecified atom stereocenters. The van der Waals surface area contributed by atoms with Gasteiger partial charge in [0.2, 0.25) is 0 Å². The van der Waals surface area contributed by atoms with Crippen molar-refractivity contribution < 1.29 is 4.79 Å². The van der Waals surface area contributed by atoms with E-state index in [0.29, 0.717) is 12.6 Å². The van der Waals surface area contributed by atoms with Gasteiger partial charge in [0, 0.05) is 24.3 Å². The molecule has 1 fully saturated rings. The Hall–Kier alpha value is -2.10. The van der Waals surface area contributed by atoms with Gasteiger partial charge in [-0.05, 0) is 56.7 Å². The molecule has 0 bridgehead atoms. The normalized spacial score (nSPS) is 17.0. The lowest BCUT2D eigenvalue weighted by molar-refractivity contribution is 0.0661. The molecule has 1 aromatic heterocycles. The van der Waals surface area contributed by atoms with Gasteiger partial charge in [0.05, 0.1) is 12.2 Å². The van der Waals surface area contributed by atoms with Crippen LogP contribution in [-0.2, 0) is 26.4 Å². The topological polar surface area (TPSA) is 38.1 Å². The van der Waals surface area contributed by atoms with Gasteiger partial charge >= 0.3 is 0 Å². The van der Waals surface area contributed by atoms with Gasteiger partial charge in [-0.3, -0.25) is 9.48 Å². The maximum atomic E-state index is 13.2. The molecule has 1 amide bonds. The third-order valence-electron chi connectivity index (χ3n) is 5.84. The van der Waals surface area contributed by atoms with Gasteiger partial charge in [0.25, 0.3) is 5.91 Å². The van der Waals surface area contributed by atoms with Crippen molar-refractivity contribution in [1.29, 1.82) is 0 Å². The second kappa shape index (κ2) is 6.66. The van der Waals surface area contributed by atoms with E-state index in [4.69, 9.17) is 5.10 Å². The lowest BCUT2D eigenvalue weighted by Crippen LogP contribution is -2.38. The van der Waals surface area contributed by atoms with Crippen molar-refractivity contribution >= 4 is 5.91 Å². The molecule has 0 spiro atoms. The Balaban J connectivity index is 1.63. The van der Waals surface area contributed by atoms with E-state index in [1.165, 1.54) is 36.1 Å². The van der Waals surface area contributed by atoms with Crippen molar-refractivity contribution in [1.82, 2.24) is 14.7 Å². The smallest absolute Gasteiger partial charge is 0.254 e. The summed E-state index contributed by atoms with van der Waals surface area (Å²) >= 11 is 0. The SMILES string of the molecule is Cc1ccc(C(=O)N(Cc2nn(C)c3c2CCC3)C2CCCC2)cc1. The molecule has 0 saturated heterocycles. The number of benzene rings is 1. The number of hydrogen-bond donors (Lipinski definition) is 0. The van der Waals surface area contributed by atoms with Crippen LogP contribution < -0.4 is 0 Å². The number of fused-ring (bicyclic) bond motifs is 1. The van der Waals surface area contributed by atoms with Gasteiger partial charge in [0.1, 0.15) is 0 Å². The highest BCUT2D eigenvalue weighted by Crippen LogP contribution is 2.30. The van der Waals surface area contributed by atoms with E-state index in [9.17, 15) is 4.79 Å². The number of carbonyl (C=O) groups is 1. The van der Waals surface area contributed by atoms with Crippen LogP contribution in [0.2, 0.25) is 0 Å². The second-order valence-electron chi connectivity index (χ2n) is 7.59. The van der Waals surface area contributed by atoms with E-state index in [1.54, 1.807) is 0 Å². The summed E-state index contributed by atoms with van der Waals surface area (Å²) in [5.74, 6) is 0.157. The van der Waals surface area contributed by atoms with Crippen molar-refractivity contribution in [3.63, 3.8) is 0 Å². The molecule has 0 radical (unpaired) electrons. The monoisotopic (exact) mass is 337 g/mol. The minimum absolute atomic E-state index is 0.157. The Morgan fingerprint density at radius 2 is 1.88 bits per heavy atom. The molecule has 25 heavy (non-hydrogen) atoms. The van der Waals surface area contributed by atoms with E-state index in [2.05, 4.69) is 11.8 Å². The molecule has 2 aliphatic rings. The minimum atomic E-state index is 0.157. The number of aryl methyl sites for hydroxylation is 2. The Kier molecular flexibility index (Phi) is 4.36. The number of carbonyl (C=O) groups excluding carboxylic acids is 1. The van der Waals surface area contributed by atoms with E-state index >= 15 is 0 Å². The highest BCUT2D eigenvalue weighted by Gasteiger charge is 2.30. The summed E-state index contributed by atoms with van der Waals surface area (Å²) < 4.78 is 2.03. The molecule has 0 atom stereocenters. The van der Waals surface area contributed by atoms with Gasteiger partial charge in [0.15, 0.2) is 0 Å². The lowest BCUT2D eigenvalue weighted by atomic mass is 10.1. The predicted molar refractivity (Wildman–Crippen MR) is 98.5 cm³/mol. The largest absolute Gasteiger partial charge is 0.330 e. The van der Waals surface area contributed by atoms with Crippen LogP contribution in [0.25, 0.3) is 0 Å². The Bertz CT molecular complexity index is 769. The number of amides is 1. The first-order chi connectivity index (χ1) is 12.1. The van der Waals surface area contributed by atoms with Crippen LogP contribution in [0.3, 0.4) is 0 Å². The maximum Gasteiger partial charge on any atom is 0.254 e. The van der Waals surface area contributed by atoms with Gasteiger partial charge in [-0.15, -0.1) is 0 Å². The molecule has 132 valence electrons.